The number of nitrogens with one attached hydrogen (secondary N) is 2. The van der Waals surface area contributed by atoms with Gasteiger partial charge >= 0.3 is 0 Å². The molecule has 0 heterocycles. The maximum Gasteiger partial charge on any atom is 0.251 e. The molecule has 0 aliphatic rings. The number of halogens is 1. The van der Waals surface area contributed by atoms with Crippen LogP contribution in [-0.4, -0.2) is 37.4 Å². The number of carbonyl (C=O) groups is 3. The zero-order valence-corrected chi connectivity index (χ0v) is 17.6. The molecule has 1 atom stereocenters. The Morgan fingerprint density at radius 1 is 0.875 bits per heavy atom. The molecule has 0 bridgehead atoms. The van der Waals surface area contributed by atoms with Crippen molar-refractivity contribution in [2.24, 2.45) is 0 Å². The first-order valence-corrected chi connectivity index (χ1v) is 10.1. The third-order valence-electron chi connectivity index (χ3n) is 4.91. The fraction of sp³-hybridized carbons (Fsp3) is 0.160. The van der Waals surface area contributed by atoms with Crippen LogP contribution < -0.4 is 15.5 Å². The molecule has 7 heteroatoms. The number of amides is 3. The van der Waals surface area contributed by atoms with E-state index in [0.717, 1.165) is 5.56 Å². The highest BCUT2D eigenvalue weighted by atomic mass is 19.1. The predicted octanol–water partition coefficient (Wildman–Crippen LogP) is 2.95. The van der Waals surface area contributed by atoms with Crippen LogP contribution in [0, 0.1) is 5.82 Å². The average Bonchev–Trinajstić information content (AvgIpc) is 2.83. The lowest BCUT2D eigenvalue weighted by Crippen LogP contribution is -2.51. The molecule has 0 aliphatic carbocycles. The Morgan fingerprint density at radius 2 is 1.47 bits per heavy atom. The molecule has 3 aromatic rings. The first-order valence-electron chi connectivity index (χ1n) is 10.1. The lowest BCUT2D eigenvalue weighted by Gasteiger charge is -2.25. The molecule has 2 N–H and O–H groups in total. The fourth-order valence-corrected chi connectivity index (χ4v) is 3.17. The summed E-state index contributed by atoms with van der Waals surface area (Å²) in [4.78, 5) is 39.3. The van der Waals surface area contributed by atoms with Gasteiger partial charge in [0.1, 0.15) is 11.9 Å². The molecule has 0 aromatic heterocycles. The van der Waals surface area contributed by atoms with Crippen molar-refractivity contribution in [1.82, 2.24) is 10.6 Å². The number of likely N-dealkylation sites (N-methyl/N-ethyl adjacent to an activating group) is 1. The molecule has 6 nitrogen and oxygen atoms in total. The first-order chi connectivity index (χ1) is 15.4. The quantitative estimate of drug-likeness (QED) is 0.573. The van der Waals surface area contributed by atoms with E-state index < -0.39 is 17.8 Å². The van der Waals surface area contributed by atoms with Gasteiger partial charge in [-0.1, -0.05) is 48.5 Å². The van der Waals surface area contributed by atoms with Crippen molar-refractivity contribution in [3.8, 4) is 0 Å². The van der Waals surface area contributed by atoms with Gasteiger partial charge in [0.2, 0.25) is 11.8 Å². The highest BCUT2D eigenvalue weighted by molar-refractivity contribution is 6.00. The smallest absolute Gasteiger partial charge is 0.251 e. The van der Waals surface area contributed by atoms with Gasteiger partial charge in [-0.15, -0.1) is 0 Å². The van der Waals surface area contributed by atoms with E-state index in [2.05, 4.69) is 10.6 Å². The van der Waals surface area contributed by atoms with Crippen LogP contribution in [0.4, 0.5) is 10.1 Å². The van der Waals surface area contributed by atoms with E-state index in [0.29, 0.717) is 11.3 Å². The molecule has 0 radical (unpaired) electrons. The number of benzene rings is 3. The summed E-state index contributed by atoms with van der Waals surface area (Å²) >= 11 is 0. The van der Waals surface area contributed by atoms with Gasteiger partial charge in [0.25, 0.3) is 5.91 Å². The lowest BCUT2D eigenvalue weighted by molar-refractivity contribution is -0.126. The Balaban J connectivity index is 1.69. The summed E-state index contributed by atoms with van der Waals surface area (Å²) in [5, 5.41) is 5.27. The summed E-state index contributed by atoms with van der Waals surface area (Å²) in [6.45, 7) is -0.271. The molecule has 3 rings (SSSR count). The van der Waals surface area contributed by atoms with Gasteiger partial charge in [0, 0.05) is 24.7 Å². The van der Waals surface area contributed by atoms with Crippen LogP contribution in [0.1, 0.15) is 15.9 Å². The molecule has 32 heavy (non-hydrogen) atoms. The van der Waals surface area contributed by atoms with Gasteiger partial charge in [-0.25, -0.2) is 4.39 Å². The molecule has 0 saturated carbocycles. The lowest BCUT2D eigenvalue weighted by atomic mass is 10.0. The van der Waals surface area contributed by atoms with Crippen molar-refractivity contribution < 1.29 is 18.8 Å². The van der Waals surface area contributed by atoms with Crippen LogP contribution in [-0.2, 0) is 16.0 Å². The number of rotatable bonds is 8. The van der Waals surface area contributed by atoms with Crippen molar-refractivity contribution >= 4 is 23.4 Å². The summed E-state index contributed by atoms with van der Waals surface area (Å²) in [7, 11) is 1.57. The fourth-order valence-electron chi connectivity index (χ4n) is 3.17. The third-order valence-corrected chi connectivity index (χ3v) is 4.91. The summed E-state index contributed by atoms with van der Waals surface area (Å²) in [6.07, 6.45) is 0.267. The molecule has 0 aliphatic heterocycles. The molecule has 0 spiro atoms. The number of hydrogen-bond donors (Lipinski definition) is 2. The van der Waals surface area contributed by atoms with Crippen LogP contribution >= 0.6 is 0 Å². The zero-order valence-electron chi connectivity index (χ0n) is 17.6. The summed E-state index contributed by atoms with van der Waals surface area (Å²) in [6, 6.07) is 22.5. The Bertz CT molecular complexity index is 1060. The van der Waals surface area contributed by atoms with E-state index in [9.17, 15) is 18.8 Å². The number of nitrogens with zero attached hydrogens (tertiary/aromatic N) is 1. The SMILES string of the molecule is CN(C(=O)[C@H](Cc1ccccc1)NC(=O)CNC(=O)c1ccccc1)c1ccc(F)cc1. The van der Waals surface area contributed by atoms with Crippen LogP contribution in [0.5, 0.6) is 0 Å². The van der Waals surface area contributed by atoms with E-state index in [1.807, 2.05) is 30.3 Å². The second-order valence-corrected chi connectivity index (χ2v) is 7.23. The Kier molecular flexibility index (Phi) is 7.70. The van der Waals surface area contributed by atoms with Crippen LogP contribution in [0.3, 0.4) is 0 Å². The first kappa shape index (κ1) is 22.7. The molecule has 0 fully saturated rings. The molecule has 164 valence electrons. The van der Waals surface area contributed by atoms with Gasteiger partial charge in [-0.3, -0.25) is 14.4 Å². The van der Waals surface area contributed by atoms with Crippen molar-refractivity contribution in [1.29, 1.82) is 0 Å². The third kappa shape index (κ3) is 6.25. The van der Waals surface area contributed by atoms with E-state index in [-0.39, 0.29) is 24.8 Å². The Hall–Kier alpha value is -4.00. The number of hydrogen-bond acceptors (Lipinski definition) is 3. The van der Waals surface area contributed by atoms with Crippen molar-refractivity contribution in [2.75, 3.05) is 18.5 Å². The molecule has 0 saturated heterocycles. The highest BCUT2D eigenvalue weighted by Crippen LogP contribution is 2.15. The maximum absolute atomic E-state index is 13.2. The van der Waals surface area contributed by atoms with Gasteiger partial charge in [0.15, 0.2) is 0 Å². The maximum atomic E-state index is 13.2. The van der Waals surface area contributed by atoms with Crippen molar-refractivity contribution in [3.63, 3.8) is 0 Å². The molecule has 3 aromatic carbocycles. The van der Waals surface area contributed by atoms with E-state index in [1.54, 1.807) is 37.4 Å². The van der Waals surface area contributed by atoms with Crippen LogP contribution in [0.25, 0.3) is 0 Å². The summed E-state index contributed by atoms with van der Waals surface area (Å²) < 4.78 is 13.2. The monoisotopic (exact) mass is 433 g/mol. The topological polar surface area (TPSA) is 78.5 Å². The van der Waals surface area contributed by atoms with Crippen LogP contribution in [0.15, 0.2) is 84.9 Å². The van der Waals surface area contributed by atoms with Gasteiger partial charge in [0.05, 0.1) is 6.54 Å². The van der Waals surface area contributed by atoms with Gasteiger partial charge in [-0.05, 0) is 42.0 Å². The normalized spacial score (nSPS) is 11.3. The summed E-state index contributed by atoms with van der Waals surface area (Å²) in [5.41, 5.74) is 1.81. The predicted molar refractivity (Wildman–Crippen MR) is 121 cm³/mol. The van der Waals surface area contributed by atoms with Crippen molar-refractivity contribution in [2.45, 2.75) is 12.5 Å². The number of carbonyl (C=O) groups excluding carboxylic acids is 3. The van der Waals surface area contributed by atoms with Gasteiger partial charge in [-0.2, -0.15) is 0 Å². The second kappa shape index (κ2) is 10.9. The van der Waals surface area contributed by atoms with Gasteiger partial charge < -0.3 is 15.5 Å². The Morgan fingerprint density at radius 3 is 2.09 bits per heavy atom. The molecular weight excluding hydrogens is 409 g/mol. The minimum Gasteiger partial charge on any atom is -0.343 e. The van der Waals surface area contributed by atoms with Crippen LogP contribution in [0.2, 0.25) is 0 Å². The molecule has 3 amide bonds. The summed E-state index contributed by atoms with van der Waals surface area (Å²) in [5.74, 6) is -1.63. The van der Waals surface area contributed by atoms with E-state index in [1.165, 1.54) is 29.2 Å². The Labute approximate surface area is 186 Å². The van der Waals surface area contributed by atoms with E-state index >= 15 is 0 Å². The number of anilines is 1. The standard InChI is InChI=1S/C25H24FN3O3/c1-29(21-14-12-20(26)13-15-21)25(32)22(16-18-8-4-2-5-9-18)28-23(30)17-27-24(31)19-10-6-3-7-11-19/h2-15,22H,16-17H2,1H3,(H,27,31)(H,28,30)/t22-/m0/s1. The average molecular weight is 433 g/mol. The largest absolute Gasteiger partial charge is 0.343 e. The second-order valence-electron chi connectivity index (χ2n) is 7.23. The highest BCUT2D eigenvalue weighted by Gasteiger charge is 2.25. The molecular formula is C25H24FN3O3. The van der Waals surface area contributed by atoms with E-state index in [4.69, 9.17) is 0 Å². The van der Waals surface area contributed by atoms with Crippen molar-refractivity contribution in [3.05, 3.63) is 102 Å². The minimum absolute atomic E-state index is 0.267. The molecule has 0 unspecified atom stereocenters. The minimum atomic E-state index is -0.867. The zero-order chi connectivity index (χ0) is 22.9.